The molecule has 44 heavy (non-hydrogen) atoms. The molecule has 0 unspecified atom stereocenters. The van der Waals surface area contributed by atoms with Gasteiger partial charge in [0.2, 0.25) is 0 Å². The van der Waals surface area contributed by atoms with Gasteiger partial charge < -0.3 is 10.6 Å². The lowest BCUT2D eigenvalue weighted by Gasteiger charge is -2.14. The van der Waals surface area contributed by atoms with Gasteiger partial charge in [-0.05, 0) is 70.9 Å². The molecular formula is C36H27N3O4S. The molecule has 7 nitrogen and oxygen atoms in total. The Labute approximate surface area is 258 Å². The van der Waals surface area contributed by atoms with E-state index >= 15 is 0 Å². The van der Waals surface area contributed by atoms with Crippen LogP contribution in [0.5, 0.6) is 0 Å². The minimum atomic E-state index is -0.465. The summed E-state index contributed by atoms with van der Waals surface area (Å²) < 4.78 is 0. The van der Waals surface area contributed by atoms with Gasteiger partial charge in [-0.15, -0.1) is 11.8 Å². The van der Waals surface area contributed by atoms with E-state index in [0.29, 0.717) is 34.7 Å². The molecule has 0 atom stereocenters. The van der Waals surface area contributed by atoms with Crippen LogP contribution in [0.3, 0.4) is 0 Å². The summed E-state index contributed by atoms with van der Waals surface area (Å²) in [5, 5.41) is 7.66. The highest BCUT2D eigenvalue weighted by atomic mass is 32.2. The van der Waals surface area contributed by atoms with E-state index in [9.17, 15) is 19.2 Å². The van der Waals surface area contributed by atoms with Crippen molar-refractivity contribution in [1.82, 2.24) is 10.2 Å². The molecule has 0 aliphatic carbocycles. The number of nitrogens with one attached hydrogen (secondary N) is 2. The van der Waals surface area contributed by atoms with E-state index in [1.165, 1.54) is 16.7 Å². The number of thioether (sulfide) groups is 1. The highest BCUT2D eigenvalue weighted by Crippen LogP contribution is 2.26. The van der Waals surface area contributed by atoms with Crippen molar-refractivity contribution in [3.05, 3.63) is 149 Å². The Morgan fingerprint density at radius 1 is 0.705 bits per heavy atom. The summed E-state index contributed by atoms with van der Waals surface area (Å²) in [4.78, 5) is 53.9. The number of imide groups is 1. The number of hydrogen-bond acceptors (Lipinski definition) is 5. The van der Waals surface area contributed by atoms with Crippen molar-refractivity contribution in [2.45, 2.75) is 4.90 Å². The van der Waals surface area contributed by atoms with Crippen molar-refractivity contribution in [2.75, 3.05) is 17.6 Å². The summed E-state index contributed by atoms with van der Waals surface area (Å²) in [6.45, 7) is 0.291. The van der Waals surface area contributed by atoms with Crippen LogP contribution in [0.2, 0.25) is 0 Å². The topological polar surface area (TPSA) is 95.6 Å². The van der Waals surface area contributed by atoms with Crippen molar-refractivity contribution >= 4 is 57.9 Å². The molecule has 0 saturated heterocycles. The second kappa shape index (κ2) is 12.8. The van der Waals surface area contributed by atoms with Crippen LogP contribution in [0.15, 0.2) is 132 Å². The summed E-state index contributed by atoms with van der Waals surface area (Å²) in [5.41, 5.74) is 2.78. The Bertz CT molecular complexity index is 1880. The van der Waals surface area contributed by atoms with Gasteiger partial charge in [-0.3, -0.25) is 24.1 Å². The van der Waals surface area contributed by atoms with Gasteiger partial charge in [0, 0.05) is 28.4 Å². The average Bonchev–Trinajstić information content (AvgIpc) is 3.30. The van der Waals surface area contributed by atoms with Gasteiger partial charge >= 0.3 is 0 Å². The van der Waals surface area contributed by atoms with Crippen LogP contribution in [0.25, 0.3) is 16.8 Å². The molecule has 6 rings (SSSR count). The first-order chi connectivity index (χ1) is 21.5. The maximum atomic E-state index is 13.5. The van der Waals surface area contributed by atoms with E-state index in [4.69, 9.17) is 0 Å². The SMILES string of the molecule is O=C(Nc1ccc(SCCN2C(=O)c3ccccc3C2=O)cc1)/C(=C/c1cccc2ccccc12)NC(=O)c1ccccc1. The minimum Gasteiger partial charge on any atom is -0.321 e. The predicted octanol–water partition coefficient (Wildman–Crippen LogP) is 6.64. The van der Waals surface area contributed by atoms with Gasteiger partial charge in [-0.1, -0.05) is 72.8 Å². The number of amides is 4. The molecule has 0 fully saturated rings. The maximum Gasteiger partial charge on any atom is 0.272 e. The Hall–Kier alpha value is -5.47. The van der Waals surface area contributed by atoms with Gasteiger partial charge in [0.25, 0.3) is 23.6 Å². The fourth-order valence-corrected chi connectivity index (χ4v) is 5.84. The maximum absolute atomic E-state index is 13.5. The molecule has 0 spiro atoms. The third-order valence-corrected chi connectivity index (χ3v) is 8.22. The van der Waals surface area contributed by atoms with Crippen LogP contribution in [-0.4, -0.2) is 40.8 Å². The molecule has 8 heteroatoms. The predicted molar refractivity (Wildman–Crippen MR) is 173 cm³/mol. The second-order valence-electron chi connectivity index (χ2n) is 10.1. The van der Waals surface area contributed by atoms with Crippen LogP contribution < -0.4 is 10.6 Å². The third-order valence-electron chi connectivity index (χ3n) is 7.23. The lowest BCUT2D eigenvalue weighted by Crippen LogP contribution is -2.31. The molecule has 5 aromatic carbocycles. The zero-order chi connectivity index (χ0) is 30.5. The number of hydrogen-bond donors (Lipinski definition) is 2. The quantitative estimate of drug-likeness (QED) is 0.113. The van der Waals surface area contributed by atoms with Crippen LogP contribution in [0.1, 0.15) is 36.6 Å². The van der Waals surface area contributed by atoms with Gasteiger partial charge in [-0.2, -0.15) is 0 Å². The van der Waals surface area contributed by atoms with Gasteiger partial charge in [0.15, 0.2) is 0 Å². The number of carbonyl (C=O) groups is 4. The number of benzene rings is 5. The van der Waals surface area contributed by atoms with Crippen molar-refractivity contribution < 1.29 is 19.2 Å². The number of fused-ring (bicyclic) bond motifs is 2. The highest BCUT2D eigenvalue weighted by molar-refractivity contribution is 7.99. The Balaban J connectivity index is 1.14. The zero-order valence-electron chi connectivity index (χ0n) is 23.5. The lowest BCUT2D eigenvalue weighted by atomic mass is 10.0. The summed E-state index contributed by atoms with van der Waals surface area (Å²) >= 11 is 1.51. The van der Waals surface area contributed by atoms with Crippen molar-refractivity contribution in [3.8, 4) is 0 Å². The van der Waals surface area contributed by atoms with E-state index in [1.807, 2.05) is 60.7 Å². The molecule has 0 saturated carbocycles. The standard InChI is InChI=1S/C36H27N3O4S/c40-33(25-10-2-1-3-11-25)38-32(23-26-13-8-12-24-9-4-5-14-29(24)26)34(41)37-27-17-19-28(20-18-27)44-22-21-39-35(42)30-15-6-7-16-31(30)36(39)43/h1-20,23H,21-22H2,(H,37,41)(H,38,40)/b32-23-. The fraction of sp³-hybridized carbons (Fsp3) is 0.0556. The molecule has 1 heterocycles. The lowest BCUT2D eigenvalue weighted by molar-refractivity contribution is -0.113. The average molecular weight is 598 g/mol. The Morgan fingerprint density at radius 3 is 2.07 bits per heavy atom. The Kier molecular flexibility index (Phi) is 8.34. The first-order valence-electron chi connectivity index (χ1n) is 14.0. The van der Waals surface area contributed by atoms with Crippen molar-refractivity contribution in [2.24, 2.45) is 0 Å². The Morgan fingerprint density at radius 2 is 1.34 bits per heavy atom. The van der Waals surface area contributed by atoms with Gasteiger partial charge in [-0.25, -0.2) is 0 Å². The monoisotopic (exact) mass is 597 g/mol. The summed E-state index contributed by atoms with van der Waals surface area (Å²) in [7, 11) is 0. The highest BCUT2D eigenvalue weighted by Gasteiger charge is 2.34. The van der Waals surface area contributed by atoms with Gasteiger partial charge in [0.1, 0.15) is 5.70 Å². The van der Waals surface area contributed by atoms with Crippen molar-refractivity contribution in [3.63, 3.8) is 0 Å². The molecule has 0 aromatic heterocycles. The van der Waals surface area contributed by atoms with Crippen molar-refractivity contribution in [1.29, 1.82) is 0 Å². The molecule has 4 amide bonds. The molecule has 0 bridgehead atoms. The molecule has 1 aliphatic heterocycles. The first kappa shape index (κ1) is 28.6. The molecular weight excluding hydrogens is 570 g/mol. The number of anilines is 1. The first-order valence-corrected chi connectivity index (χ1v) is 15.0. The van der Waals surface area contributed by atoms with Crippen LogP contribution in [0, 0.1) is 0 Å². The van der Waals surface area contributed by atoms with E-state index < -0.39 is 11.8 Å². The largest absolute Gasteiger partial charge is 0.321 e. The van der Waals surface area contributed by atoms with Gasteiger partial charge in [0.05, 0.1) is 11.1 Å². The van der Waals surface area contributed by atoms with E-state index in [0.717, 1.165) is 21.2 Å². The number of rotatable bonds is 9. The fourth-order valence-electron chi connectivity index (χ4n) is 5.00. The zero-order valence-corrected chi connectivity index (χ0v) is 24.3. The van der Waals surface area contributed by atoms with Crippen LogP contribution in [-0.2, 0) is 4.79 Å². The van der Waals surface area contributed by atoms with E-state index in [2.05, 4.69) is 10.6 Å². The second-order valence-corrected chi connectivity index (χ2v) is 11.2. The molecule has 5 aromatic rings. The van der Waals surface area contributed by atoms with E-state index in [1.54, 1.807) is 66.7 Å². The summed E-state index contributed by atoms with van der Waals surface area (Å²) in [6.07, 6.45) is 1.68. The third kappa shape index (κ3) is 6.16. The smallest absolute Gasteiger partial charge is 0.272 e. The van der Waals surface area contributed by atoms with Crippen LogP contribution >= 0.6 is 11.8 Å². The molecule has 1 aliphatic rings. The van der Waals surface area contributed by atoms with Crippen LogP contribution in [0.4, 0.5) is 5.69 Å². The number of carbonyl (C=O) groups excluding carboxylic acids is 4. The van der Waals surface area contributed by atoms with E-state index in [-0.39, 0.29) is 17.5 Å². The molecule has 0 radical (unpaired) electrons. The molecule has 2 N–H and O–H groups in total. The minimum absolute atomic E-state index is 0.106. The summed E-state index contributed by atoms with van der Waals surface area (Å²) in [6, 6.07) is 36.5. The summed E-state index contributed by atoms with van der Waals surface area (Å²) in [5.74, 6) is -0.863. The normalized spacial score (nSPS) is 12.7. The number of nitrogens with zero attached hydrogens (tertiary/aromatic N) is 1. The molecule has 216 valence electrons.